The Morgan fingerprint density at radius 1 is 1.45 bits per heavy atom. The number of carbonyl (C=O) groups is 1. The summed E-state index contributed by atoms with van der Waals surface area (Å²) in [6.07, 6.45) is 8.52. The molecule has 0 saturated carbocycles. The minimum Gasteiger partial charge on any atom is -0.481 e. The maximum Gasteiger partial charge on any atom is 0.303 e. The van der Waals surface area contributed by atoms with Crippen LogP contribution >= 0.6 is 0 Å². The normalized spacial score (nSPS) is 10.2. The van der Waals surface area contributed by atoms with Gasteiger partial charge < -0.3 is 5.11 Å². The number of allylic oxidation sites excluding steroid dienone is 3. The minimum absolute atomic E-state index is 0.280. The smallest absolute Gasteiger partial charge is 0.303 e. The fourth-order valence-corrected chi connectivity index (χ4v) is 0.731. The van der Waals surface area contributed by atoms with Crippen molar-refractivity contribution in [2.24, 2.45) is 0 Å². The SMILES string of the molecule is C=C/C=C/CCCCC(=O)O. The lowest BCUT2D eigenvalue weighted by molar-refractivity contribution is -0.137. The number of rotatable bonds is 6. The average Bonchev–Trinajstić information content (AvgIpc) is 1.96. The Kier molecular flexibility index (Phi) is 6.39. The van der Waals surface area contributed by atoms with Gasteiger partial charge in [0.25, 0.3) is 0 Å². The number of aliphatic carboxylic acids is 1. The van der Waals surface area contributed by atoms with E-state index in [0.717, 1.165) is 19.3 Å². The van der Waals surface area contributed by atoms with Gasteiger partial charge in [0, 0.05) is 6.42 Å². The summed E-state index contributed by atoms with van der Waals surface area (Å²) >= 11 is 0. The van der Waals surface area contributed by atoms with Crippen LogP contribution in [-0.4, -0.2) is 11.1 Å². The Bertz CT molecular complexity index is 148. The molecule has 0 aliphatic rings. The van der Waals surface area contributed by atoms with Crippen LogP contribution in [0.25, 0.3) is 0 Å². The molecule has 2 heteroatoms. The highest BCUT2D eigenvalue weighted by Crippen LogP contribution is 2.00. The Balaban J connectivity index is 3.08. The molecule has 0 radical (unpaired) electrons. The van der Waals surface area contributed by atoms with Gasteiger partial charge in [-0.2, -0.15) is 0 Å². The molecule has 0 bridgehead atoms. The molecule has 0 aromatic rings. The van der Waals surface area contributed by atoms with Crippen molar-refractivity contribution in [1.82, 2.24) is 0 Å². The highest BCUT2D eigenvalue weighted by Gasteiger charge is 1.93. The zero-order chi connectivity index (χ0) is 8.53. The second-order valence-electron chi connectivity index (χ2n) is 2.30. The predicted molar refractivity (Wildman–Crippen MR) is 45.4 cm³/mol. The van der Waals surface area contributed by atoms with Gasteiger partial charge in [-0.1, -0.05) is 24.8 Å². The monoisotopic (exact) mass is 154 g/mol. The highest BCUT2D eigenvalue weighted by atomic mass is 16.4. The first kappa shape index (κ1) is 9.95. The van der Waals surface area contributed by atoms with Crippen LogP contribution in [0.2, 0.25) is 0 Å². The van der Waals surface area contributed by atoms with Crippen LogP contribution in [0.15, 0.2) is 24.8 Å². The van der Waals surface area contributed by atoms with Gasteiger partial charge in [0.2, 0.25) is 0 Å². The Hall–Kier alpha value is -1.05. The zero-order valence-electron chi connectivity index (χ0n) is 6.62. The van der Waals surface area contributed by atoms with E-state index in [2.05, 4.69) is 6.58 Å². The first-order valence-electron chi connectivity index (χ1n) is 3.76. The van der Waals surface area contributed by atoms with Gasteiger partial charge in [-0.25, -0.2) is 0 Å². The topological polar surface area (TPSA) is 37.3 Å². The summed E-state index contributed by atoms with van der Waals surface area (Å²) in [5.41, 5.74) is 0. The summed E-state index contributed by atoms with van der Waals surface area (Å²) < 4.78 is 0. The minimum atomic E-state index is -0.710. The molecule has 2 nitrogen and oxygen atoms in total. The maximum atomic E-state index is 10.1. The third-order valence-electron chi connectivity index (χ3n) is 1.28. The van der Waals surface area contributed by atoms with Crippen LogP contribution in [0.1, 0.15) is 25.7 Å². The van der Waals surface area contributed by atoms with E-state index in [9.17, 15) is 4.79 Å². The maximum absolute atomic E-state index is 10.1. The van der Waals surface area contributed by atoms with E-state index in [4.69, 9.17) is 5.11 Å². The molecule has 0 heterocycles. The summed E-state index contributed by atoms with van der Waals surface area (Å²) in [6, 6.07) is 0. The summed E-state index contributed by atoms with van der Waals surface area (Å²) in [5.74, 6) is -0.710. The Morgan fingerprint density at radius 2 is 2.18 bits per heavy atom. The number of carboxylic acids is 1. The van der Waals surface area contributed by atoms with Crippen LogP contribution in [0.3, 0.4) is 0 Å². The van der Waals surface area contributed by atoms with Gasteiger partial charge in [0.15, 0.2) is 0 Å². The zero-order valence-corrected chi connectivity index (χ0v) is 6.62. The Labute approximate surface area is 67.2 Å². The lowest BCUT2D eigenvalue weighted by Crippen LogP contribution is -1.92. The summed E-state index contributed by atoms with van der Waals surface area (Å²) in [4.78, 5) is 10.1. The first-order valence-corrected chi connectivity index (χ1v) is 3.76. The van der Waals surface area contributed by atoms with E-state index in [1.165, 1.54) is 0 Å². The molecule has 0 aliphatic heterocycles. The molecule has 0 aromatic heterocycles. The second kappa shape index (κ2) is 7.06. The third-order valence-corrected chi connectivity index (χ3v) is 1.28. The average molecular weight is 154 g/mol. The van der Waals surface area contributed by atoms with Crippen molar-refractivity contribution in [2.75, 3.05) is 0 Å². The van der Waals surface area contributed by atoms with Gasteiger partial charge in [-0.05, 0) is 19.3 Å². The predicted octanol–water partition coefficient (Wildman–Crippen LogP) is 2.37. The molecule has 0 fully saturated rings. The second-order valence-corrected chi connectivity index (χ2v) is 2.30. The molecule has 0 aromatic carbocycles. The highest BCUT2D eigenvalue weighted by molar-refractivity contribution is 5.66. The lowest BCUT2D eigenvalue weighted by Gasteiger charge is -1.91. The van der Waals surface area contributed by atoms with E-state index < -0.39 is 5.97 Å². The van der Waals surface area contributed by atoms with Crippen LogP contribution < -0.4 is 0 Å². The number of unbranched alkanes of at least 4 members (excludes halogenated alkanes) is 2. The van der Waals surface area contributed by atoms with Crippen molar-refractivity contribution in [3.63, 3.8) is 0 Å². The lowest BCUT2D eigenvalue weighted by atomic mass is 10.2. The van der Waals surface area contributed by atoms with E-state index in [-0.39, 0.29) is 6.42 Å². The molecule has 0 rings (SSSR count). The largest absolute Gasteiger partial charge is 0.481 e. The van der Waals surface area contributed by atoms with Crippen molar-refractivity contribution in [1.29, 1.82) is 0 Å². The summed E-state index contributed by atoms with van der Waals surface area (Å²) in [6.45, 7) is 3.53. The fraction of sp³-hybridized carbons (Fsp3) is 0.444. The molecule has 0 spiro atoms. The van der Waals surface area contributed by atoms with E-state index >= 15 is 0 Å². The summed E-state index contributed by atoms with van der Waals surface area (Å²) in [5, 5.41) is 8.28. The van der Waals surface area contributed by atoms with Crippen molar-refractivity contribution in [3.8, 4) is 0 Å². The van der Waals surface area contributed by atoms with Gasteiger partial charge in [0.1, 0.15) is 0 Å². The molecule has 1 N–H and O–H groups in total. The molecule has 0 saturated heterocycles. The number of carboxylic acid groups (broad SMARTS) is 1. The fourth-order valence-electron chi connectivity index (χ4n) is 0.731. The molecule has 11 heavy (non-hydrogen) atoms. The molecule has 0 aliphatic carbocycles. The number of hydrogen-bond acceptors (Lipinski definition) is 1. The molecule has 62 valence electrons. The van der Waals surface area contributed by atoms with Crippen LogP contribution in [0.4, 0.5) is 0 Å². The molecule has 0 amide bonds. The van der Waals surface area contributed by atoms with Gasteiger partial charge >= 0.3 is 5.97 Å². The first-order chi connectivity index (χ1) is 5.27. The third kappa shape index (κ3) is 8.95. The van der Waals surface area contributed by atoms with Crippen molar-refractivity contribution in [2.45, 2.75) is 25.7 Å². The molecular formula is C9H14O2. The standard InChI is InChI=1S/C9H14O2/c1-2-3-4-5-6-7-8-9(10)11/h2-4H,1,5-8H2,(H,10,11)/b4-3+. The summed E-state index contributed by atoms with van der Waals surface area (Å²) in [7, 11) is 0. The van der Waals surface area contributed by atoms with Crippen molar-refractivity contribution in [3.05, 3.63) is 24.8 Å². The van der Waals surface area contributed by atoms with Gasteiger partial charge in [-0.3, -0.25) is 4.79 Å². The van der Waals surface area contributed by atoms with Crippen molar-refractivity contribution < 1.29 is 9.90 Å². The Morgan fingerprint density at radius 3 is 2.73 bits per heavy atom. The quantitative estimate of drug-likeness (QED) is 0.471. The molecule has 0 atom stereocenters. The van der Waals surface area contributed by atoms with Crippen LogP contribution in [-0.2, 0) is 4.79 Å². The van der Waals surface area contributed by atoms with Crippen LogP contribution in [0.5, 0.6) is 0 Å². The van der Waals surface area contributed by atoms with Crippen LogP contribution in [0, 0.1) is 0 Å². The van der Waals surface area contributed by atoms with Crippen molar-refractivity contribution >= 4 is 5.97 Å². The molecular weight excluding hydrogens is 140 g/mol. The van der Waals surface area contributed by atoms with E-state index in [1.807, 2.05) is 12.2 Å². The van der Waals surface area contributed by atoms with E-state index in [0.29, 0.717) is 0 Å². The van der Waals surface area contributed by atoms with Gasteiger partial charge in [0.05, 0.1) is 0 Å². The van der Waals surface area contributed by atoms with Gasteiger partial charge in [-0.15, -0.1) is 0 Å². The number of hydrogen-bond donors (Lipinski definition) is 1. The molecule has 0 unspecified atom stereocenters. The van der Waals surface area contributed by atoms with E-state index in [1.54, 1.807) is 6.08 Å².